The zero-order valence-corrected chi connectivity index (χ0v) is 13.0. The van der Waals surface area contributed by atoms with Crippen LogP contribution in [-0.4, -0.2) is 23.3 Å². The number of hydrogen-bond donors (Lipinski definition) is 1. The largest absolute Gasteiger partial charge is 0.496 e. The number of halogens is 1. The Hall–Kier alpha value is -1.78. The molecule has 0 bridgehead atoms. The van der Waals surface area contributed by atoms with E-state index in [-0.39, 0.29) is 6.10 Å². The molecule has 0 aliphatic heterocycles. The summed E-state index contributed by atoms with van der Waals surface area (Å²) in [6.45, 7) is 3.86. The quantitative estimate of drug-likeness (QED) is 0.916. The number of aromatic nitrogens is 1. The molecule has 4 nitrogen and oxygen atoms in total. The van der Waals surface area contributed by atoms with Crippen molar-refractivity contribution < 1.29 is 14.6 Å². The smallest absolute Gasteiger partial charge is 0.138 e. The summed E-state index contributed by atoms with van der Waals surface area (Å²) in [4.78, 5) is 4.10. The molecular weight excluding hydrogens is 290 g/mol. The van der Waals surface area contributed by atoms with Gasteiger partial charge in [-0.2, -0.15) is 0 Å². The van der Waals surface area contributed by atoms with Gasteiger partial charge in [0.25, 0.3) is 0 Å². The molecule has 0 amide bonds. The second-order valence-corrected chi connectivity index (χ2v) is 5.29. The summed E-state index contributed by atoms with van der Waals surface area (Å²) in [5.74, 6) is 1.14. The van der Waals surface area contributed by atoms with Crippen molar-refractivity contribution in [3.8, 4) is 11.5 Å². The van der Waals surface area contributed by atoms with Gasteiger partial charge in [-0.1, -0.05) is 17.7 Å². The first-order valence-electron chi connectivity index (χ1n) is 6.65. The Morgan fingerprint density at radius 3 is 2.67 bits per heavy atom. The van der Waals surface area contributed by atoms with E-state index in [1.165, 1.54) is 0 Å². The molecule has 1 aromatic carbocycles. The minimum absolute atomic E-state index is 0.0362. The second kappa shape index (κ2) is 6.78. The second-order valence-electron chi connectivity index (χ2n) is 4.88. The molecular formula is C16H18ClNO3. The number of aliphatic hydroxyl groups excluding tert-OH is 1. The van der Waals surface area contributed by atoms with Crippen LogP contribution in [0.4, 0.5) is 0 Å². The molecule has 0 spiro atoms. The lowest BCUT2D eigenvalue weighted by atomic mass is 10.0. The maximum atomic E-state index is 10.6. The van der Waals surface area contributed by atoms with Crippen molar-refractivity contribution in [3.63, 3.8) is 0 Å². The van der Waals surface area contributed by atoms with Crippen LogP contribution in [0.15, 0.2) is 36.7 Å². The van der Waals surface area contributed by atoms with Gasteiger partial charge in [-0.15, -0.1) is 0 Å². The topological polar surface area (TPSA) is 51.6 Å². The fourth-order valence-electron chi connectivity index (χ4n) is 2.05. The molecule has 1 heterocycles. The molecule has 0 saturated heterocycles. The number of methoxy groups -OCH3 is 1. The van der Waals surface area contributed by atoms with Gasteiger partial charge in [0.05, 0.1) is 24.4 Å². The summed E-state index contributed by atoms with van der Waals surface area (Å²) in [6.07, 6.45) is 2.30. The first-order valence-corrected chi connectivity index (χ1v) is 7.02. The molecule has 1 N–H and O–H groups in total. The molecule has 5 heteroatoms. The Labute approximate surface area is 129 Å². The molecule has 0 aliphatic rings. The summed E-state index contributed by atoms with van der Waals surface area (Å²) >= 11 is 6.19. The van der Waals surface area contributed by atoms with Crippen molar-refractivity contribution in [1.82, 2.24) is 4.98 Å². The van der Waals surface area contributed by atoms with Crippen LogP contribution in [0.1, 0.15) is 31.1 Å². The minimum Gasteiger partial charge on any atom is -0.496 e. The van der Waals surface area contributed by atoms with Gasteiger partial charge >= 0.3 is 0 Å². The van der Waals surface area contributed by atoms with E-state index in [2.05, 4.69) is 4.98 Å². The number of nitrogens with zero attached hydrogens (tertiary/aromatic N) is 1. The number of aliphatic hydroxyl groups is 1. The van der Waals surface area contributed by atoms with Crippen LogP contribution in [0, 0.1) is 0 Å². The van der Waals surface area contributed by atoms with Crippen molar-refractivity contribution in [1.29, 1.82) is 0 Å². The Morgan fingerprint density at radius 1 is 1.24 bits per heavy atom. The highest BCUT2D eigenvalue weighted by Gasteiger charge is 2.19. The standard InChI is InChI=1S/C16H18ClNO3/c1-10(2)21-12-7-11(8-18-9-12)16(19)15-13(17)5-4-6-14(15)20-3/h4-10,16,19H,1-3H3. The number of benzene rings is 1. The Bertz CT molecular complexity index is 616. The molecule has 21 heavy (non-hydrogen) atoms. The lowest BCUT2D eigenvalue weighted by Crippen LogP contribution is -2.08. The van der Waals surface area contributed by atoms with Gasteiger partial charge in [0.15, 0.2) is 0 Å². The van der Waals surface area contributed by atoms with Crippen molar-refractivity contribution in [2.24, 2.45) is 0 Å². The summed E-state index contributed by atoms with van der Waals surface area (Å²) in [5, 5.41) is 11.0. The van der Waals surface area contributed by atoms with Gasteiger partial charge in [-0.3, -0.25) is 4.98 Å². The van der Waals surface area contributed by atoms with Crippen LogP contribution < -0.4 is 9.47 Å². The Kier molecular flexibility index (Phi) is 5.04. The highest BCUT2D eigenvalue weighted by atomic mass is 35.5. The lowest BCUT2D eigenvalue weighted by molar-refractivity contribution is 0.211. The molecule has 112 valence electrons. The minimum atomic E-state index is -0.933. The fraction of sp³-hybridized carbons (Fsp3) is 0.312. The lowest BCUT2D eigenvalue weighted by Gasteiger charge is -2.17. The van der Waals surface area contributed by atoms with Gasteiger partial charge in [0.2, 0.25) is 0 Å². The highest BCUT2D eigenvalue weighted by molar-refractivity contribution is 6.31. The van der Waals surface area contributed by atoms with Gasteiger partial charge in [-0.25, -0.2) is 0 Å². The van der Waals surface area contributed by atoms with Crippen molar-refractivity contribution >= 4 is 11.6 Å². The van der Waals surface area contributed by atoms with Crippen molar-refractivity contribution in [2.75, 3.05) is 7.11 Å². The molecule has 0 aliphatic carbocycles. The van der Waals surface area contributed by atoms with Gasteiger partial charge in [-0.05, 0) is 32.0 Å². The van der Waals surface area contributed by atoms with Crippen LogP contribution in [0.5, 0.6) is 11.5 Å². The number of pyridine rings is 1. The molecule has 1 unspecified atom stereocenters. The summed E-state index contributed by atoms with van der Waals surface area (Å²) < 4.78 is 10.9. The normalized spacial score (nSPS) is 12.3. The van der Waals surface area contributed by atoms with E-state index in [0.717, 1.165) is 0 Å². The van der Waals surface area contributed by atoms with E-state index >= 15 is 0 Å². The zero-order chi connectivity index (χ0) is 15.4. The van der Waals surface area contributed by atoms with Crippen molar-refractivity contribution in [2.45, 2.75) is 26.1 Å². The molecule has 1 atom stereocenters. The molecule has 2 aromatic rings. The zero-order valence-electron chi connectivity index (χ0n) is 12.2. The average molecular weight is 308 g/mol. The third kappa shape index (κ3) is 3.65. The van der Waals surface area contributed by atoms with Crippen LogP contribution in [0.2, 0.25) is 5.02 Å². The van der Waals surface area contributed by atoms with E-state index in [4.69, 9.17) is 21.1 Å². The number of ether oxygens (including phenoxy) is 2. The number of hydrogen-bond acceptors (Lipinski definition) is 4. The molecule has 2 rings (SSSR count). The summed E-state index contributed by atoms with van der Waals surface area (Å²) in [6, 6.07) is 6.99. The summed E-state index contributed by atoms with van der Waals surface area (Å²) in [7, 11) is 1.54. The average Bonchev–Trinajstić information content (AvgIpc) is 2.45. The summed E-state index contributed by atoms with van der Waals surface area (Å²) in [5.41, 5.74) is 1.12. The van der Waals surface area contributed by atoms with Crippen molar-refractivity contribution in [3.05, 3.63) is 52.8 Å². The van der Waals surface area contributed by atoms with Gasteiger partial charge < -0.3 is 14.6 Å². The Balaban J connectivity index is 2.38. The van der Waals surface area contributed by atoms with Gasteiger partial charge in [0, 0.05) is 17.3 Å². The van der Waals surface area contributed by atoms with E-state index < -0.39 is 6.10 Å². The molecule has 0 saturated carbocycles. The van der Waals surface area contributed by atoms with E-state index in [0.29, 0.717) is 27.6 Å². The van der Waals surface area contributed by atoms with Crippen LogP contribution in [0.25, 0.3) is 0 Å². The fourth-order valence-corrected chi connectivity index (χ4v) is 2.32. The number of rotatable bonds is 5. The first-order chi connectivity index (χ1) is 10.0. The van der Waals surface area contributed by atoms with Crippen LogP contribution >= 0.6 is 11.6 Å². The monoisotopic (exact) mass is 307 g/mol. The predicted molar refractivity (Wildman–Crippen MR) is 82.1 cm³/mol. The molecule has 0 radical (unpaired) electrons. The third-order valence-electron chi connectivity index (χ3n) is 2.93. The maximum Gasteiger partial charge on any atom is 0.138 e. The predicted octanol–water partition coefficient (Wildman–Crippen LogP) is 3.61. The first kappa shape index (κ1) is 15.6. The van der Waals surface area contributed by atoms with Crippen LogP contribution in [0.3, 0.4) is 0 Å². The highest BCUT2D eigenvalue weighted by Crippen LogP contribution is 2.36. The maximum absolute atomic E-state index is 10.6. The Morgan fingerprint density at radius 2 is 2.00 bits per heavy atom. The van der Waals surface area contributed by atoms with Gasteiger partial charge in [0.1, 0.15) is 17.6 Å². The SMILES string of the molecule is COc1cccc(Cl)c1C(O)c1cncc(OC(C)C)c1. The third-order valence-corrected chi connectivity index (χ3v) is 3.26. The van der Waals surface area contributed by atoms with E-state index in [1.54, 1.807) is 43.8 Å². The molecule has 1 aromatic heterocycles. The van der Waals surface area contributed by atoms with E-state index in [1.807, 2.05) is 13.8 Å². The molecule has 0 fully saturated rings. The van der Waals surface area contributed by atoms with Crippen LogP contribution in [-0.2, 0) is 0 Å². The van der Waals surface area contributed by atoms with E-state index in [9.17, 15) is 5.11 Å².